The smallest absolute Gasteiger partial charge is 0.231 e. The fourth-order valence-corrected chi connectivity index (χ4v) is 9.96. The molecule has 2 saturated carbocycles. The average molecular weight is 907 g/mol. The lowest BCUT2D eigenvalue weighted by molar-refractivity contribution is -0.124. The van der Waals surface area contributed by atoms with Crippen LogP contribution < -0.4 is 29.1 Å². The predicted molar refractivity (Wildman–Crippen MR) is 259 cm³/mol. The lowest BCUT2D eigenvalue weighted by atomic mass is 9.67. The molecule has 12 nitrogen and oxygen atoms in total. The molecule has 2 aromatic carbocycles. The van der Waals surface area contributed by atoms with E-state index >= 15 is 0 Å². The van der Waals surface area contributed by atoms with Crippen molar-refractivity contribution in [2.45, 2.75) is 51.4 Å². The second-order valence-electron chi connectivity index (χ2n) is 18.1. The Morgan fingerprint density at radius 1 is 0.530 bits per heavy atom. The summed E-state index contributed by atoms with van der Waals surface area (Å²) in [5.74, 6) is 3.69. The number of pyridine rings is 2. The Hall–Kier alpha value is -5.34. The molecule has 4 aliphatic rings. The number of hydrogen-bond acceptors (Lipinski definition) is 10. The molecule has 14 heteroatoms. The topological polar surface area (TPSA) is 97.8 Å². The maximum absolute atomic E-state index is 13.4. The Balaban J connectivity index is 0.000000196. The second kappa shape index (κ2) is 25.0. The minimum absolute atomic E-state index is 0.0304. The van der Waals surface area contributed by atoms with Gasteiger partial charge in [0.1, 0.15) is 23.1 Å². The van der Waals surface area contributed by atoms with Crippen LogP contribution in [-0.2, 0) is 9.59 Å². The van der Waals surface area contributed by atoms with Crippen molar-refractivity contribution in [2.24, 2.45) is 23.7 Å². The van der Waals surface area contributed by atoms with Gasteiger partial charge in [0.25, 0.3) is 0 Å². The van der Waals surface area contributed by atoms with Crippen molar-refractivity contribution in [2.75, 3.05) is 126 Å². The van der Waals surface area contributed by atoms with Crippen LogP contribution in [0, 0.1) is 23.7 Å². The van der Waals surface area contributed by atoms with E-state index in [4.69, 9.17) is 9.47 Å². The third-order valence-electron chi connectivity index (χ3n) is 14.1. The molecule has 0 N–H and O–H groups in total. The van der Waals surface area contributed by atoms with Crippen molar-refractivity contribution < 1.29 is 27.8 Å². The number of hydrogen-bond donors (Lipinski definition) is 0. The van der Waals surface area contributed by atoms with E-state index in [0.717, 1.165) is 140 Å². The molecule has 2 amide bonds. The molecule has 2 aromatic heterocycles. The van der Waals surface area contributed by atoms with Gasteiger partial charge in [-0.15, -0.1) is 0 Å². The van der Waals surface area contributed by atoms with Crippen molar-refractivity contribution in [3.63, 3.8) is 0 Å². The van der Waals surface area contributed by atoms with Gasteiger partial charge in [-0.25, -0.2) is 9.97 Å². The number of methoxy groups -OCH3 is 2. The lowest BCUT2D eigenvalue weighted by Crippen LogP contribution is -2.50. The predicted octanol–water partition coefficient (Wildman–Crippen LogP) is 8.04. The van der Waals surface area contributed by atoms with Crippen LogP contribution in [0.3, 0.4) is 0 Å². The van der Waals surface area contributed by atoms with Crippen LogP contribution >= 0.6 is 0 Å². The first-order valence-corrected chi connectivity index (χ1v) is 24.2. The molecule has 0 unspecified atom stereocenters. The average Bonchev–Trinajstić information content (AvgIpc) is 3.39. The van der Waals surface area contributed by atoms with E-state index in [0.29, 0.717) is 24.7 Å². The second-order valence-corrected chi connectivity index (χ2v) is 18.1. The number of anilines is 4. The van der Waals surface area contributed by atoms with Crippen molar-refractivity contribution in [3.8, 4) is 11.5 Å². The number of aromatic nitrogens is 2. The summed E-state index contributed by atoms with van der Waals surface area (Å²) >= 11 is 0. The van der Waals surface area contributed by atoms with Crippen molar-refractivity contribution in [3.05, 3.63) is 97.3 Å². The SMILES string of the molecule is COc1ccccc1N1CCN(CCN(c2ccccn2)[11C](=O)C2CCC(CF)CC2)CC1.[11CH3]Oc1ccccc1N1CCN(CCN(C(=O)C2CCC(CF)CC2)c2ccccn2)CC1. The molecular weight excluding hydrogens is 837 g/mol. The summed E-state index contributed by atoms with van der Waals surface area (Å²) in [5.41, 5.74) is 2.27. The van der Waals surface area contributed by atoms with Gasteiger partial charge in [-0.1, -0.05) is 36.4 Å². The quantitative estimate of drug-likeness (QED) is 0.110. The van der Waals surface area contributed by atoms with Crippen LogP contribution in [0.4, 0.5) is 31.8 Å². The number of amides is 2. The van der Waals surface area contributed by atoms with E-state index in [9.17, 15) is 18.4 Å². The van der Waals surface area contributed by atoms with Gasteiger partial charge in [0.2, 0.25) is 11.8 Å². The highest BCUT2D eigenvalue weighted by Crippen LogP contribution is 2.34. The van der Waals surface area contributed by atoms with E-state index in [1.807, 2.05) is 82.6 Å². The molecule has 2 aliphatic carbocycles. The summed E-state index contributed by atoms with van der Waals surface area (Å²) in [7, 11) is 3.42. The van der Waals surface area contributed by atoms with Crippen LogP contribution in [-0.4, -0.2) is 138 Å². The molecule has 4 aromatic rings. The van der Waals surface area contributed by atoms with Gasteiger partial charge in [-0.05, 0) is 112 Å². The highest BCUT2D eigenvalue weighted by molar-refractivity contribution is 5.95. The summed E-state index contributed by atoms with van der Waals surface area (Å²) in [4.78, 5) is 49.0. The van der Waals surface area contributed by atoms with Gasteiger partial charge in [0.15, 0.2) is 0 Å². The molecule has 2 aliphatic heterocycles. The number of ether oxygens (including phenoxy) is 2. The fourth-order valence-electron chi connectivity index (χ4n) is 9.96. The van der Waals surface area contributed by atoms with E-state index < -0.39 is 0 Å². The fraction of sp³-hybridized carbons (Fsp3) is 0.538. The van der Waals surface area contributed by atoms with E-state index in [2.05, 4.69) is 41.7 Å². The summed E-state index contributed by atoms with van der Waals surface area (Å²) in [6, 6.07) is 27.7. The maximum Gasteiger partial charge on any atom is 0.231 e. The zero-order valence-electron chi connectivity index (χ0n) is 39.1. The molecule has 356 valence electrons. The minimum atomic E-state index is -0.272. The lowest BCUT2D eigenvalue weighted by Gasteiger charge is -2.38. The summed E-state index contributed by atoms with van der Waals surface area (Å²) in [6.45, 7) is 9.73. The van der Waals surface area contributed by atoms with Crippen molar-refractivity contribution in [1.82, 2.24) is 19.8 Å². The van der Waals surface area contributed by atoms with Crippen LogP contribution in [0.15, 0.2) is 97.3 Å². The van der Waals surface area contributed by atoms with Crippen LogP contribution in [0.1, 0.15) is 51.4 Å². The van der Waals surface area contributed by atoms with Gasteiger partial charge in [-0.2, -0.15) is 0 Å². The van der Waals surface area contributed by atoms with Gasteiger partial charge in [0, 0.05) is 103 Å². The van der Waals surface area contributed by atoms with Gasteiger partial charge < -0.3 is 19.3 Å². The normalized spacial score (nSPS) is 21.6. The van der Waals surface area contributed by atoms with Crippen molar-refractivity contribution in [1.29, 1.82) is 0 Å². The standard InChI is InChI=1S/2C26H35FN4O2/c2*1-33-24-7-3-2-6-23(24)30-17-14-29(15-18-30)16-19-31(25-8-4-5-13-28-25)26(32)22-11-9-21(20-27)10-12-22/h2*2-8,13,21-22H,9-12,14-20H2,1H3/i26-1;1-1. The zero-order valence-corrected chi connectivity index (χ0v) is 39.1. The third-order valence-corrected chi connectivity index (χ3v) is 14.1. The number of benzene rings is 2. The minimum Gasteiger partial charge on any atom is -0.495 e. The number of para-hydroxylation sites is 4. The molecule has 0 bridgehead atoms. The maximum atomic E-state index is 13.4. The van der Waals surface area contributed by atoms with E-state index in [-0.39, 0.29) is 48.8 Å². The van der Waals surface area contributed by atoms with Crippen LogP contribution in [0.25, 0.3) is 0 Å². The monoisotopic (exact) mass is 907 g/mol. The first-order chi connectivity index (χ1) is 32.4. The van der Waals surface area contributed by atoms with Gasteiger partial charge in [-0.3, -0.25) is 38.0 Å². The highest BCUT2D eigenvalue weighted by Gasteiger charge is 2.33. The van der Waals surface area contributed by atoms with Gasteiger partial charge >= 0.3 is 0 Å². The number of piperazine rings is 2. The number of nitrogens with zero attached hydrogens (tertiary/aromatic N) is 8. The number of carbonyl (C=O) groups excluding carboxylic acids is 2. The first-order valence-electron chi connectivity index (χ1n) is 24.2. The molecule has 0 radical (unpaired) electrons. The van der Waals surface area contributed by atoms with Gasteiger partial charge in [0.05, 0.1) is 38.9 Å². The zero-order chi connectivity index (χ0) is 46.1. The highest BCUT2D eigenvalue weighted by atomic mass is 19.1. The molecule has 0 spiro atoms. The molecule has 0 atom stereocenters. The molecule has 66 heavy (non-hydrogen) atoms. The Kier molecular flexibility index (Phi) is 18.4. The Bertz CT molecular complexity index is 1910. The summed E-state index contributed by atoms with van der Waals surface area (Å²) in [5, 5.41) is 0. The molecular formula is C52H70F2N8O4. The number of halogens is 2. The largest absolute Gasteiger partial charge is 0.495 e. The summed E-state index contributed by atoms with van der Waals surface area (Å²) < 4.78 is 37.1. The third kappa shape index (κ3) is 13.0. The molecule has 2 saturated heterocycles. The Labute approximate surface area is 390 Å². The molecule has 4 fully saturated rings. The first kappa shape index (κ1) is 48.6. The van der Waals surface area contributed by atoms with E-state index in [1.54, 1.807) is 26.6 Å². The summed E-state index contributed by atoms with van der Waals surface area (Å²) in [6.07, 6.45) is 9.76. The van der Waals surface area contributed by atoms with Crippen LogP contribution in [0.2, 0.25) is 0 Å². The van der Waals surface area contributed by atoms with E-state index in [1.165, 1.54) is 0 Å². The Morgan fingerprint density at radius 2 is 0.894 bits per heavy atom. The molecule has 4 heterocycles. The molecule has 8 rings (SSSR count). The number of carbonyl (C=O) groups is 2. The number of rotatable bonds is 16. The van der Waals surface area contributed by atoms with Crippen molar-refractivity contribution >= 4 is 34.8 Å². The van der Waals surface area contributed by atoms with Crippen LogP contribution in [0.5, 0.6) is 11.5 Å². The number of alkyl halides is 2. The Morgan fingerprint density at radius 3 is 1.23 bits per heavy atom.